The number of carbonyl (C=O) groups is 1. The first kappa shape index (κ1) is 15.6. The number of hydrogen-bond acceptors (Lipinski definition) is 4. The van der Waals surface area contributed by atoms with Crippen molar-refractivity contribution in [2.75, 3.05) is 19.5 Å². The van der Waals surface area contributed by atoms with E-state index in [0.29, 0.717) is 28.1 Å². The Morgan fingerprint density at radius 3 is 2.54 bits per heavy atom. The van der Waals surface area contributed by atoms with E-state index in [9.17, 15) is 9.59 Å². The van der Waals surface area contributed by atoms with Gasteiger partial charge in [-0.25, -0.2) is 0 Å². The normalized spacial score (nSPS) is 10.4. The number of nitrogens with one attached hydrogen (secondary N) is 2. The molecule has 3 aromatic rings. The summed E-state index contributed by atoms with van der Waals surface area (Å²) in [7, 11) is 3.07. The maximum absolute atomic E-state index is 12.6. The van der Waals surface area contributed by atoms with Gasteiger partial charge in [0.2, 0.25) is 5.43 Å². The van der Waals surface area contributed by atoms with Crippen LogP contribution in [0.25, 0.3) is 10.9 Å². The Labute approximate surface area is 138 Å². The Morgan fingerprint density at radius 1 is 1.04 bits per heavy atom. The van der Waals surface area contributed by atoms with Crippen molar-refractivity contribution in [1.29, 1.82) is 0 Å². The van der Waals surface area contributed by atoms with Gasteiger partial charge in [0.15, 0.2) is 0 Å². The van der Waals surface area contributed by atoms with Crippen LogP contribution in [0.5, 0.6) is 11.5 Å². The molecule has 1 aromatic heterocycles. The van der Waals surface area contributed by atoms with Gasteiger partial charge in [-0.1, -0.05) is 6.07 Å². The average molecular weight is 324 g/mol. The molecule has 1 amide bonds. The van der Waals surface area contributed by atoms with Crippen molar-refractivity contribution in [2.45, 2.75) is 0 Å². The molecule has 6 nitrogen and oxygen atoms in total. The largest absolute Gasteiger partial charge is 0.497 e. The van der Waals surface area contributed by atoms with E-state index in [-0.39, 0.29) is 11.0 Å². The van der Waals surface area contributed by atoms with Gasteiger partial charge in [0, 0.05) is 28.9 Å². The minimum atomic E-state index is -0.491. The van der Waals surface area contributed by atoms with Gasteiger partial charge in [-0.3, -0.25) is 9.59 Å². The van der Waals surface area contributed by atoms with Crippen LogP contribution < -0.4 is 20.2 Å². The topological polar surface area (TPSA) is 80.4 Å². The van der Waals surface area contributed by atoms with E-state index in [1.807, 2.05) is 0 Å². The molecule has 0 unspecified atom stereocenters. The number of amides is 1. The molecule has 0 aliphatic heterocycles. The first-order valence-electron chi connectivity index (χ1n) is 7.27. The van der Waals surface area contributed by atoms with Crippen LogP contribution in [0.2, 0.25) is 0 Å². The number of rotatable bonds is 4. The SMILES string of the molecule is COc1cccc(NC(=O)c2c[nH]c3ccc(OC)cc3c2=O)c1. The third-order valence-electron chi connectivity index (χ3n) is 3.66. The number of H-pyrrole nitrogens is 1. The Balaban J connectivity index is 1.97. The van der Waals surface area contributed by atoms with Gasteiger partial charge in [-0.2, -0.15) is 0 Å². The summed E-state index contributed by atoms with van der Waals surface area (Å²) in [6.45, 7) is 0. The molecular formula is C18H16N2O4. The Morgan fingerprint density at radius 2 is 1.79 bits per heavy atom. The predicted molar refractivity (Wildman–Crippen MR) is 92.1 cm³/mol. The van der Waals surface area contributed by atoms with Crippen LogP contribution in [0.15, 0.2) is 53.5 Å². The lowest BCUT2D eigenvalue weighted by Gasteiger charge is -2.08. The second-order valence-electron chi connectivity index (χ2n) is 5.13. The van der Waals surface area contributed by atoms with E-state index >= 15 is 0 Å². The molecule has 6 heteroatoms. The number of carbonyl (C=O) groups excluding carboxylic acids is 1. The fourth-order valence-corrected chi connectivity index (χ4v) is 2.39. The highest BCUT2D eigenvalue weighted by Crippen LogP contribution is 2.19. The number of aromatic amines is 1. The predicted octanol–water partition coefficient (Wildman–Crippen LogP) is 2.80. The molecule has 0 aliphatic rings. The van der Waals surface area contributed by atoms with Crippen molar-refractivity contribution in [1.82, 2.24) is 4.98 Å². The van der Waals surface area contributed by atoms with Crippen molar-refractivity contribution in [3.63, 3.8) is 0 Å². The standard InChI is InChI=1S/C18H16N2O4/c1-23-12-5-3-4-11(8-12)20-18(22)15-10-19-16-7-6-13(24-2)9-14(16)17(15)21/h3-10H,1-2H3,(H,19,21)(H,20,22). The molecule has 0 fully saturated rings. The molecule has 0 atom stereocenters. The van der Waals surface area contributed by atoms with Crippen LogP contribution >= 0.6 is 0 Å². The van der Waals surface area contributed by atoms with Gasteiger partial charge >= 0.3 is 0 Å². The van der Waals surface area contributed by atoms with E-state index in [1.54, 1.807) is 49.6 Å². The van der Waals surface area contributed by atoms with Gasteiger partial charge in [0.05, 0.1) is 14.2 Å². The maximum Gasteiger partial charge on any atom is 0.261 e. The smallest absolute Gasteiger partial charge is 0.261 e. The van der Waals surface area contributed by atoms with Gasteiger partial charge in [-0.05, 0) is 30.3 Å². The molecule has 0 aliphatic carbocycles. The van der Waals surface area contributed by atoms with Crippen molar-refractivity contribution in [3.05, 3.63) is 64.4 Å². The zero-order chi connectivity index (χ0) is 17.1. The Hall–Kier alpha value is -3.28. The quantitative estimate of drug-likeness (QED) is 0.773. The van der Waals surface area contributed by atoms with Gasteiger partial charge < -0.3 is 19.8 Å². The molecule has 0 spiro atoms. The Bertz CT molecular complexity index is 963. The fourth-order valence-electron chi connectivity index (χ4n) is 2.39. The van der Waals surface area contributed by atoms with Crippen LogP contribution in [-0.4, -0.2) is 25.1 Å². The number of pyridine rings is 1. The average Bonchev–Trinajstić information content (AvgIpc) is 2.62. The summed E-state index contributed by atoms with van der Waals surface area (Å²) in [4.78, 5) is 28.0. The lowest BCUT2D eigenvalue weighted by atomic mass is 10.1. The van der Waals surface area contributed by atoms with Crippen LogP contribution in [0.4, 0.5) is 5.69 Å². The Kier molecular flexibility index (Phi) is 4.20. The van der Waals surface area contributed by atoms with E-state index in [2.05, 4.69) is 10.3 Å². The summed E-state index contributed by atoms with van der Waals surface area (Å²) < 4.78 is 10.2. The molecular weight excluding hydrogens is 308 g/mol. The van der Waals surface area contributed by atoms with Crippen molar-refractivity contribution in [3.8, 4) is 11.5 Å². The van der Waals surface area contributed by atoms with Gasteiger partial charge in [0.1, 0.15) is 17.1 Å². The number of hydrogen-bond donors (Lipinski definition) is 2. The van der Waals surface area contributed by atoms with Crippen LogP contribution in [-0.2, 0) is 0 Å². The first-order chi connectivity index (χ1) is 11.6. The highest BCUT2D eigenvalue weighted by Gasteiger charge is 2.14. The number of benzene rings is 2. The monoisotopic (exact) mass is 324 g/mol. The molecule has 2 N–H and O–H groups in total. The van der Waals surface area contributed by atoms with Crippen molar-refractivity contribution >= 4 is 22.5 Å². The summed E-state index contributed by atoms with van der Waals surface area (Å²) >= 11 is 0. The minimum Gasteiger partial charge on any atom is -0.497 e. The third-order valence-corrected chi connectivity index (χ3v) is 3.66. The highest BCUT2D eigenvalue weighted by molar-refractivity contribution is 6.05. The zero-order valence-electron chi connectivity index (χ0n) is 13.3. The summed E-state index contributed by atoms with van der Waals surface area (Å²) in [5.41, 5.74) is 0.852. The van der Waals surface area contributed by atoms with E-state index < -0.39 is 5.91 Å². The summed E-state index contributed by atoms with van der Waals surface area (Å²) in [5, 5.41) is 3.09. The van der Waals surface area contributed by atoms with E-state index in [1.165, 1.54) is 13.3 Å². The molecule has 1 heterocycles. The van der Waals surface area contributed by atoms with Crippen LogP contribution in [0.1, 0.15) is 10.4 Å². The van der Waals surface area contributed by atoms with Crippen molar-refractivity contribution in [2.24, 2.45) is 0 Å². The summed E-state index contributed by atoms with van der Waals surface area (Å²) in [5.74, 6) is 0.678. The molecule has 0 saturated heterocycles. The molecule has 0 bridgehead atoms. The molecule has 3 rings (SSSR count). The fraction of sp³-hybridized carbons (Fsp3) is 0.111. The van der Waals surface area contributed by atoms with Crippen LogP contribution in [0, 0.1) is 0 Å². The summed E-state index contributed by atoms with van der Waals surface area (Å²) in [6, 6.07) is 12.0. The number of methoxy groups -OCH3 is 2. The molecule has 24 heavy (non-hydrogen) atoms. The van der Waals surface area contributed by atoms with Gasteiger partial charge in [0.25, 0.3) is 5.91 Å². The second kappa shape index (κ2) is 6.45. The molecule has 0 radical (unpaired) electrons. The lowest BCUT2D eigenvalue weighted by molar-refractivity contribution is 0.102. The molecule has 2 aromatic carbocycles. The first-order valence-corrected chi connectivity index (χ1v) is 7.27. The zero-order valence-corrected chi connectivity index (χ0v) is 13.3. The number of ether oxygens (including phenoxy) is 2. The lowest BCUT2D eigenvalue weighted by Crippen LogP contribution is -2.22. The molecule has 122 valence electrons. The molecule has 0 saturated carbocycles. The minimum absolute atomic E-state index is 0.0265. The number of aromatic nitrogens is 1. The summed E-state index contributed by atoms with van der Waals surface area (Å²) in [6.07, 6.45) is 1.41. The van der Waals surface area contributed by atoms with E-state index in [0.717, 1.165) is 0 Å². The van der Waals surface area contributed by atoms with E-state index in [4.69, 9.17) is 9.47 Å². The van der Waals surface area contributed by atoms with Crippen molar-refractivity contribution < 1.29 is 14.3 Å². The second-order valence-corrected chi connectivity index (χ2v) is 5.13. The van der Waals surface area contributed by atoms with Gasteiger partial charge in [-0.15, -0.1) is 0 Å². The number of anilines is 1. The highest BCUT2D eigenvalue weighted by atomic mass is 16.5. The maximum atomic E-state index is 12.6. The number of fused-ring (bicyclic) bond motifs is 1. The third kappa shape index (κ3) is 2.94. The van der Waals surface area contributed by atoms with Crippen LogP contribution in [0.3, 0.4) is 0 Å².